The number of aromatic nitrogens is 1. The summed E-state index contributed by atoms with van der Waals surface area (Å²) < 4.78 is 36.3. The molecule has 0 radical (unpaired) electrons. The van der Waals surface area contributed by atoms with Gasteiger partial charge in [0.2, 0.25) is 0 Å². The van der Waals surface area contributed by atoms with Crippen LogP contribution in [-0.2, 0) is 9.84 Å². The van der Waals surface area contributed by atoms with E-state index in [9.17, 15) is 17.6 Å². The number of hydrogen-bond acceptors (Lipinski definition) is 5. The Morgan fingerprint density at radius 3 is 2.46 bits per heavy atom. The highest BCUT2D eigenvalue weighted by Crippen LogP contribution is 2.21. The Morgan fingerprint density at radius 2 is 1.92 bits per heavy atom. The molecule has 2 aromatic rings. The topological polar surface area (TPSA) is 79.4 Å². The van der Waals surface area contributed by atoms with Gasteiger partial charge in [0.15, 0.2) is 9.84 Å². The summed E-state index contributed by atoms with van der Waals surface area (Å²) in [5.41, 5.74) is 1.64. The van der Waals surface area contributed by atoms with Gasteiger partial charge in [0, 0.05) is 18.3 Å². The first-order valence-electron chi connectivity index (χ1n) is 8.38. The maximum Gasteiger partial charge on any atom is 0.272 e. The van der Waals surface area contributed by atoms with E-state index in [1.54, 1.807) is 29.2 Å². The second-order valence-electron chi connectivity index (χ2n) is 6.21. The van der Waals surface area contributed by atoms with Crippen molar-refractivity contribution in [2.24, 2.45) is 0 Å². The Hall–Kier alpha value is -2.48. The number of halogens is 1. The molecule has 1 unspecified atom stereocenters. The highest BCUT2D eigenvalue weighted by Gasteiger charge is 2.34. The quantitative estimate of drug-likeness (QED) is 0.866. The molecule has 3 rings (SSSR count). The van der Waals surface area contributed by atoms with Gasteiger partial charge in [-0.3, -0.25) is 4.79 Å². The lowest BCUT2D eigenvalue weighted by Gasteiger charge is -2.26. The van der Waals surface area contributed by atoms with Gasteiger partial charge in [0.05, 0.1) is 23.4 Å². The normalized spacial score (nSPS) is 18.5. The van der Waals surface area contributed by atoms with Gasteiger partial charge in [-0.1, -0.05) is 0 Å². The predicted octanol–water partition coefficient (Wildman–Crippen LogP) is 2.61. The second-order valence-corrected chi connectivity index (χ2v) is 8.44. The molecule has 1 saturated heterocycles. The molecule has 0 spiro atoms. The zero-order chi connectivity index (χ0) is 18.7. The van der Waals surface area contributed by atoms with E-state index in [1.165, 1.54) is 18.3 Å². The van der Waals surface area contributed by atoms with Crippen molar-refractivity contribution in [1.29, 1.82) is 0 Å². The van der Waals surface area contributed by atoms with Crippen molar-refractivity contribution in [3.8, 4) is 0 Å². The van der Waals surface area contributed by atoms with Crippen molar-refractivity contribution in [3.05, 3.63) is 54.1 Å². The summed E-state index contributed by atoms with van der Waals surface area (Å²) in [4.78, 5) is 18.4. The Kier molecular flexibility index (Phi) is 5.22. The van der Waals surface area contributed by atoms with E-state index in [-0.39, 0.29) is 35.0 Å². The first kappa shape index (κ1) is 18.3. The highest BCUT2D eigenvalue weighted by molar-refractivity contribution is 7.91. The number of anilines is 2. The van der Waals surface area contributed by atoms with Gasteiger partial charge in [-0.25, -0.2) is 17.8 Å². The van der Waals surface area contributed by atoms with E-state index >= 15 is 0 Å². The summed E-state index contributed by atoms with van der Waals surface area (Å²) in [5.74, 6) is -0.460. The molecular formula is C18H20FN3O3S. The molecule has 1 fully saturated rings. The second kappa shape index (κ2) is 7.41. The summed E-state index contributed by atoms with van der Waals surface area (Å²) in [5, 5.41) is 3.07. The van der Waals surface area contributed by atoms with Crippen LogP contribution >= 0.6 is 0 Å². The maximum atomic E-state index is 12.9. The third-order valence-electron chi connectivity index (χ3n) is 4.37. The molecule has 1 aliphatic rings. The standard InChI is InChI=1S/C18H20FN3O3S/c1-2-22(16-9-10-26(24,25)12-16)18(23)17-8-7-15(11-20-17)21-14-5-3-13(19)4-6-14/h3-8,11,16,21H,2,9-10,12H2,1H3. The van der Waals surface area contributed by atoms with E-state index in [0.717, 1.165) is 0 Å². The molecule has 138 valence electrons. The minimum atomic E-state index is -3.06. The molecule has 1 amide bonds. The molecule has 1 aromatic carbocycles. The van der Waals surface area contributed by atoms with E-state index in [2.05, 4.69) is 10.3 Å². The molecule has 0 aliphatic carbocycles. The van der Waals surface area contributed by atoms with Crippen molar-refractivity contribution < 1.29 is 17.6 Å². The van der Waals surface area contributed by atoms with Crippen LogP contribution in [0.5, 0.6) is 0 Å². The monoisotopic (exact) mass is 377 g/mol. The Labute approximate surface area is 152 Å². The molecule has 1 atom stereocenters. The number of hydrogen-bond donors (Lipinski definition) is 1. The Bertz CT molecular complexity index is 883. The lowest BCUT2D eigenvalue weighted by molar-refractivity contribution is 0.0702. The number of carbonyl (C=O) groups is 1. The Balaban J connectivity index is 1.70. The van der Waals surface area contributed by atoms with E-state index < -0.39 is 9.84 Å². The summed E-state index contributed by atoms with van der Waals surface area (Å²) in [7, 11) is -3.06. The fourth-order valence-corrected chi connectivity index (χ4v) is 4.76. The van der Waals surface area contributed by atoms with Gasteiger partial charge >= 0.3 is 0 Å². The summed E-state index contributed by atoms with van der Waals surface area (Å²) >= 11 is 0. The number of nitrogens with one attached hydrogen (secondary N) is 1. The SMILES string of the molecule is CCN(C(=O)c1ccc(Nc2ccc(F)cc2)cn1)C1CCS(=O)(=O)C1. The molecule has 8 heteroatoms. The molecule has 2 heterocycles. The van der Waals surface area contributed by atoms with Crippen LogP contribution in [0, 0.1) is 5.82 Å². The zero-order valence-electron chi connectivity index (χ0n) is 14.4. The van der Waals surface area contributed by atoms with Crippen molar-refractivity contribution in [2.45, 2.75) is 19.4 Å². The fraction of sp³-hybridized carbons (Fsp3) is 0.333. The van der Waals surface area contributed by atoms with Gasteiger partial charge in [-0.15, -0.1) is 0 Å². The molecule has 0 bridgehead atoms. The molecule has 0 saturated carbocycles. The van der Waals surface area contributed by atoms with Crippen LogP contribution in [0.2, 0.25) is 0 Å². The van der Waals surface area contributed by atoms with Gasteiger partial charge in [-0.05, 0) is 49.7 Å². The third-order valence-corrected chi connectivity index (χ3v) is 6.12. The maximum absolute atomic E-state index is 12.9. The van der Waals surface area contributed by atoms with Crippen molar-refractivity contribution in [2.75, 3.05) is 23.4 Å². The van der Waals surface area contributed by atoms with E-state index in [1.807, 2.05) is 6.92 Å². The van der Waals surface area contributed by atoms with Crippen molar-refractivity contribution in [1.82, 2.24) is 9.88 Å². The van der Waals surface area contributed by atoms with Crippen LogP contribution in [0.25, 0.3) is 0 Å². The van der Waals surface area contributed by atoms with E-state index in [4.69, 9.17) is 0 Å². The molecule has 1 N–H and O–H groups in total. The van der Waals surface area contributed by atoms with Crippen LogP contribution < -0.4 is 5.32 Å². The number of sulfone groups is 1. The van der Waals surface area contributed by atoms with Crippen LogP contribution in [0.3, 0.4) is 0 Å². The minimum absolute atomic E-state index is 0.0107. The van der Waals surface area contributed by atoms with Crippen LogP contribution in [0.4, 0.5) is 15.8 Å². The molecular weight excluding hydrogens is 357 g/mol. The number of pyridine rings is 1. The van der Waals surface area contributed by atoms with Gasteiger partial charge in [0.25, 0.3) is 5.91 Å². The van der Waals surface area contributed by atoms with Crippen molar-refractivity contribution >= 4 is 27.1 Å². The number of rotatable bonds is 5. The predicted molar refractivity (Wildman–Crippen MR) is 97.7 cm³/mol. The average molecular weight is 377 g/mol. The summed E-state index contributed by atoms with van der Waals surface area (Å²) in [6.45, 7) is 2.25. The van der Waals surface area contributed by atoms with Gasteiger partial charge in [0.1, 0.15) is 11.5 Å². The summed E-state index contributed by atoms with van der Waals surface area (Å²) in [6.07, 6.45) is 1.99. The number of carbonyl (C=O) groups excluding carboxylic acids is 1. The number of nitrogens with zero attached hydrogens (tertiary/aromatic N) is 2. The molecule has 6 nitrogen and oxygen atoms in total. The lowest BCUT2D eigenvalue weighted by Crippen LogP contribution is -2.41. The zero-order valence-corrected chi connectivity index (χ0v) is 15.2. The first-order chi connectivity index (χ1) is 12.4. The number of amides is 1. The largest absolute Gasteiger partial charge is 0.354 e. The molecule has 1 aliphatic heterocycles. The van der Waals surface area contributed by atoms with Crippen molar-refractivity contribution in [3.63, 3.8) is 0 Å². The third kappa shape index (κ3) is 4.19. The fourth-order valence-electron chi connectivity index (χ4n) is 3.03. The van der Waals surface area contributed by atoms with Crippen LogP contribution in [0.15, 0.2) is 42.6 Å². The number of benzene rings is 1. The minimum Gasteiger partial charge on any atom is -0.354 e. The van der Waals surface area contributed by atoms with E-state index in [0.29, 0.717) is 24.3 Å². The smallest absolute Gasteiger partial charge is 0.272 e. The highest BCUT2D eigenvalue weighted by atomic mass is 32.2. The molecule has 26 heavy (non-hydrogen) atoms. The Morgan fingerprint density at radius 1 is 1.23 bits per heavy atom. The van der Waals surface area contributed by atoms with Crippen LogP contribution in [0.1, 0.15) is 23.8 Å². The average Bonchev–Trinajstić information content (AvgIpc) is 2.98. The van der Waals surface area contributed by atoms with Crippen LogP contribution in [-0.4, -0.2) is 48.3 Å². The van der Waals surface area contributed by atoms with Gasteiger partial charge < -0.3 is 10.2 Å². The lowest BCUT2D eigenvalue weighted by atomic mass is 10.2. The summed E-state index contributed by atoms with van der Waals surface area (Å²) in [6, 6.07) is 8.92. The first-order valence-corrected chi connectivity index (χ1v) is 10.2. The van der Waals surface area contributed by atoms with Gasteiger partial charge in [-0.2, -0.15) is 0 Å². The molecule has 1 aromatic heterocycles.